The number of benzene rings is 1. The molecule has 1 N–H and O–H groups in total. The van der Waals surface area contributed by atoms with Crippen molar-refractivity contribution >= 4 is 21.9 Å². The van der Waals surface area contributed by atoms with Crippen molar-refractivity contribution in [3.8, 4) is 11.4 Å². The van der Waals surface area contributed by atoms with Gasteiger partial charge in [0.1, 0.15) is 10.4 Å². The Balaban J connectivity index is 2.03. The van der Waals surface area contributed by atoms with E-state index in [2.05, 4.69) is 20.9 Å². The summed E-state index contributed by atoms with van der Waals surface area (Å²) in [7, 11) is 1.85. The molecule has 1 fully saturated rings. The third-order valence-electron chi connectivity index (χ3n) is 4.03. The second-order valence-electron chi connectivity index (χ2n) is 5.43. The van der Waals surface area contributed by atoms with Gasteiger partial charge in [0.2, 0.25) is 0 Å². The molecule has 1 atom stereocenters. The van der Waals surface area contributed by atoms with E-state index < -0.39 is 12.0 Å². The molecule has 0 amide bonds. The maximum absolute atomic E-state index is 11.9. The van der Waals surface area contributed by atoms with Crippen LogP contribution in [0.15, 0.2) is 34.9 Å². The van der Waals surface area contributed by atoms with E-state index in [4.69, 9.17) is 4.74 Å². The Morgan fingerprint density at radius 2 is 1.96 bits per heavy atom. The van der Waals surface area contributed by atoms with Crippen LogP contribution < -0.4 is 0 Å². The number of carboxylic acid groups (broad SMARTS) is 1. The van der Waals surface area contributed by atoms with E-state index in [0.29, 0.717) is 36.6 Å². The molecule has 1 unspecified atom stereocenters. The van der Waals surface area contributed by atoms with E-state index >= 15 is 0 Å². The fraction of sp³-hybridized carbons (Fsp3) is 0.375. The first kappa shape index (κ1) is 16.2. The van der Waals surface area contributed by atoms with E-state index in [1.165, 1.54) is 0 Å². The number of halogens is 1. The Hall–Kier alpha value is -1.70. The monoisotopic (exact) mass is 379 g/mol. The van der Waals surface area contributed by atoms with Crippen LogP contribution in [0.2, 0.25) is 0 Å². The summed E-state index contributed by atoms with van der Waals surface area (Å²) in [4.78, 5) is 18.4. The molecule has 0 bridgehead atoms. The van der Waals surface area contributed by atoms with Crippen LogP contribution in [0.3, 0.4) is 0 Å². The zero-order valence-corrected chi connectivity index (χ0v) is 14.4. The van der Waals surface area contributed by atoms with E-state index in [1.54, 1.807) is 0 Å². The highest BCUT2D eigenvalue weighted by Crippen LogP contribution is 2.32. The molecular weight excluding hydrogens is 362 g/mol. The van der Waals surface area contributed by atoms with Gasteiger partial charge in [-0.15, -0.1) is 0 Å². The number of rotatable bonds is 4. The number of aliphatic carboxylic acids is 1. The van der Waals surface area contributed by atoms with Gasteiger partial charge in [0, 0.05) is 25.7 Å². The van der Waals surface area contributed by atoms with Crippen molar-refractivity contribution in [2.45, 2.75) is 6.04 Å². The summed E-state index contributed by atoms with van der Waals surface area (Å²) in [5, 5.41) is 9.76. The third-order valence-corrected chi connectivity index (χ3v) is 4.61. The number of morpholine rings is 1. The van der Waals surface area contributed by atoms with Gasteiger partial charge in [-0.1, -0.05) is 30.3 Å². The van der Waals surface area contributed by atoms with Crippen LogP contribution in [0.1, 0.15) is 11.7 Å². The van der Waals surface area contributed by atoms with E-state index in [-0.39, 0.29) is 0 Å². The number of hydrogen-bond acceptors (Lipinski definition) is 4. The molecule has 0 aliphatic carbocycles. The Morgan fingerprint density at radius 1 is 1.30 bits per heavy atom. The summed E-state index contributed by atoms with van der Waals surface area (Å²) >= 11 is 3.45. The van der Waals surface area contributed by atoms with Crippen molar-refractivity contribution in [1.82, 2.24) is 14.5 Å². The number of carbonyl (C=O) groups is 1. The Bertz CT molecular complexity index is 696. The third kappa shape index (κ3) is 3.17. The predicted molar refractivity (Wildman–Crippen MR) is 89.1 cm³/mol. The van der Waals surface area contributed by atoms with Crippen LogP contribution in [-0.4, -0.2) is 51.8 Å². The lowest BCUT2D eigenvalue weighted by molar-refractivity contribution is -0.145. The molecule has 2 heterocycles. The zero-order chi connectivity index (χ0) is 16.4. The second kappa shape index (κ2) is 6.82. The molecule has 7 heteroatoms. The highest BCUT2D eigenvalue weighted by molar-refractivity contribution is 9.10. The Labute approximate surface area is 142 Å². The summed E-state index contributed by atoms with van der Waals surface area (Å²) in [6.07, 6.45) is 0. The first-order chi connectivity index (χ1) is 11.1. The molecule has 2 aromatic rings. The van der Waals surface area contributed by atoms with Gasteiger partial charge < -0.3 is 14.4 Å². The quantitative estimate of drug-likeness (QED) is 0.882. The lowest BCUT2D eigenvalue weighted by Gasteiger charge is -2.32. The van der Waals surface area contributed by atoms with Gasteiger partial charge in [0.25, 0.3) is 0 Å². The summed E-state index contributed by atoms with van der Waals surface area (Å²) in [6.45, 7) is 2.28. The average Bonchev–Trinajstić information content (AvgIpc) is 2.85. The normalized spacial score (nSPS) is 17.1. The van der Waals surface area contributed by atoms with Gasteiger partial charge in [-0.05, 0) is 15.9 Å². The minimum Gasteiger partial charge on any atom is -0.480 e. The fourth-order valence-electron chi connectivity index (χ4n) is 2.90. The molecule has 1 saturated heterocycles. The summed E-state index contributed by atoms with van der Waals surface area (Å²) in [5.41, 5.74) is 1.60. The van der Waals surface area contributed by atoms with Gasteiger partial charge in [-0.3, -0.25) is 9.69 Å². The summed E-state index contributed by atoms with van der Waals surface area (Å²) in [6, 6.07) is 8.99. The Morgan fingerprint density at radius 3 is 2.57 bits per heavy atom. The molecule has 0 radical (unpaired) electrons. The number of ether oxygens (including phenoxy) is 1. The lowest BCUT2D eigenvalue weighted by atomic mass is 10.1. The first-order valence-electron chi connectivity index (χ1n) is 7.41. The van der Waals surface area contributed by atoms with Gasteiger partial charge in [-0.25, -0.2) is 4.98 Å². The average molecular weight is 380 g/mol. The van der Waals surface area contributed by atoms with E-state index in [0.717, 1.165) is 11.4 Å². The van der Waals surface area contributed by atoms with Crippen LogP contribution in [-0.2, 0) is 16.6 Å². The first-order valence-corrected chi connectivity index (χ1v) is 8.21. The van der Waals surface area contributed by atoms with Crippen molar-refractivity contribution < 1.29 is 14.6 Å². The van der Waals surface area contributed by atoms with Crippen molar-refractivity contribution in [3.05, 3.63) is 40.6 Å². The number of nitrogens with zero attached hydrogens (tertiary/aromatic N) is 3. The minimum atomic E-state index is -0.879. The largest absolute Gasteiger partial charge is 0.480 e. The number of imidazole rings is 1. The Kier molecular flexibility index (Phi) is 4.79. The van der Waals surface area contributed by atoms with Crippen molar-refractivity contribution in [3.63, 3.8) is 0 Å². The van der Waals surface area contributed by atoms with Crippen molar-refractivity contribution in [2.24, 2.45) is 7.05 Å². The van der Waals surface area contributed by atoms with Crippen LogP contribution in [0.5, 0.6) is 0 Å². The molecule has 3 rings (SSSR count). The van der Waals surface area contributed by atoms with E-state index in [1.807, 2.05) is 46.8 Å². The molecule has 1 aliphatic heterocycles. The minimum absolute atomic E-state index is 0.546. The molecule has 1 aliphatic rings. The highest BCUT2D eigenvalue weighted by Gasteiger charge is 2.34. The number of hydrogen-bond donors (Lipinski definition) is 1. The number of aromatic nitrogens is 2. The molecular formula is C16H18BrN3O3. The molecule has 0 spiro atoms. The van der Waals surface area contributed by atoms with Crippen molar-refractivity contribution in [2.75, 3.05) is 26.3 Å². The highest BCUT2D eigenvalue weighted by atomic mass is 79.9. The number of carboxylic acids is 1. The van der Waals surface area contributed by atoms with Gasteiger partial charge in [0.05, 0.1) is 18.9 Å². The molecule has 23 heavy (non-hydrogen) atoms. The molecule has 1 aromatic heterocycles. The standard InChI is InChI=1S/C16H18BrN3O3/c1-19-12(13(16(21)22)20-7-9-23-10-8-20)14(17)18-15(19)11-5-3-2-4-6-11/h2-6,13H,7-10H2,1H3,(H,21,22). The van der Waals surface area contributed by atoms with E-state index in [9.17, 15) is 9.90 Å². The molecule has 0 saturated carbocycles. The van der Waals surface area contributed by atoms with Crippen LogP contribution in [0.25, 0.3) is 11.4 Å². The molecule has 6 nitrogen and oxygen atoms in total. The van der Waals surface area contributed by atoms with Crippen LogP contribution in [0, 0.1) is 0 Å². The van der Waals surface area contributed by atoms with Gasteiger partial charge in [-0.2, -0.15) is 0 Å². The van der Waals surface area contributed by atoms with Crippen LogP contribution >= 0.6 is 15.9 Å². The molecule has 1 aromatic carbocycles. The molecule has 122 valence electrons. The maximum Gasteiger partial charge on any atom is 0.327 e. The van der Waals surface area contributed by atoms with Crippen LogP contribution in [0.4, 0.5) is 0 Å². The second-order valence-corrected chi connectivity index (χ2v) is 6.18. The lowest BCUT2D eigenvalue weighted by Crippen LogP contribution is -2.43. The SMILES string of the molecule is Cn1c(-c2ccccc2)nc(Br)c1C(C(=O)O)N1CCOCC1. The smallest absolute Gasteiger partial charge is 0.327 e. The van der Waals surface area contributed by atoms with Gasteiger partial charge in [0.15, 0.2) is 6.04 Å². The van der Waals surface area contributed by atoms with Gasteiger partial charge >= 0.3 is 5.97 Å². The van der Waals surface area contributed by atoms with Crippen molar-refractivity contribution in [1.29, 1.82) is 0 Å². The maximum atomic E-state index is 11.9. The topological polar surface area (TPSA) is 67.6 Å². The summed E-state index contributed by atoms with van der Waals surface area (Å²) < 4.78 is 7.75. The predicted octanol–water partition coefficient (Wildman–Crippen LogP) is 2.31. The fourth-order valence-corrected chi connectivity index (χ4v) is 3.55. The summed E-state index contributed by atoms with van der Waals surface area (Å²) in [5.74, 6) is -0.137. The zero-order valence-electron chi connectivity index (χ0n) is 12.8.